The lowest BCUT2D eigenvalue weighted by atomic mass is 9.64. The number of nitrogens with two attached hydrogens (primary N) is 1. The quantitative estimate of drug-likeness (QED) is 0.607. The van der Waals surface area contributed by atoms with Gasteiger partial charge >= 0.3 is 0 Å². The predicted molar refractivity (Wildman–Crippen MR) is 112 cm³/mol. The van der Waals surface area contributed by atoms with E-state index in [0.29, 0.717) is 0 Å². The molecule has 0 saturated heterocycles. The molecule has 27 heavy (non-hydrogen) atoms. The lowest BCUT2D eigenvalue weighted by Gasteiger charge is -2.37. The van der Waals surface area contributed by atoms with E-state index >= 15 is 0 Å². The topological polar surface area (TPSA) is 43.1 Å². The lowest BCUT2D eigenvalue weighted by molar-refractivity contribution is -0.124. The first-order valence-corrected chi connectivity index (χ1v) is 9.58. The van der Waals surface area contributed by atoms with Crippen LogP contribution in [0.1, 0.15) is 37.0 Å². The molecular weight excluding hydrogens is 330 g/mol. The fourth-order valence-electron chi connectivity index (χ4n) is 3.75. The van der Waals surface area contributed by atoms with E-state index in [0.717, 1.165) is 23.1 Å². The second kappa shape index (κ2) is 8.32. The van der Waals surface area contributed by atoms with E-state index in [1.165, 1.54) is 0 Å². The first kappa shape index (κ1) is 19.1. The van der Waals surface area contributed by atoms with Gasteiger partial charge in [0.25, 0.3) is 0 Å². The fourth-order valence-corrected chi connectivity index (χ4v) is 3.75. The molecule has 2 N–H and O–H groups in total. The van der Waals surface area contributed by atoms with E-state index in [2.05, 4.69) is 6.92 Å². The molecule has 0 unspecified atom stereocenters. The van der Waals surface area contributed by atoms with Gasteiger partial charge in [-0.2, -0.15) is 0 Å². The van der Waals surface area contributed by atoms with Crippen LogP contribution in [0.2, 0.25) is 0 Å². The summed E-state index contributed by atoms with van der Waals surface area (Å²) in [5.74, 6) is 0.147. The summed E-state index contributed by atoms with van der Waals surface area (Å²) < 4.78 is 0. The SMILES string of the molecule is CC[C@H](C)[C@H](N)C(=O)C(c1ccccc1)(c1ccccc1)c1ccccc1. The van der Waals surface area contributed by atoms with Gasteiger partial charge in [-0.25, -0.2) is 0 Å². The normalized spacial score (nSPS) is 13.7. The Bertz CT molecular complexity index is 762. The maximum Gasteiger partial charge on any atom is 0.169 e. The van der Waals surface area contributed by atoms with Gasteiger partial charge in [-0.15, -0.1) is 0 Å². The Morgan fingerprint density at radius 3 is 1.41 bits per heavy atom. The van der Waals surface area contributed by atoms with Crippen LogP contribution >= 0.6 is 0 Å². The molecule has 0 fully saturated rings. The minimum Gasteiger partial charge on any atom is -0.321 e. The largest absolute Gasteiger partial charge is 0.321 e. The van der Waals surface area contributed by atoms with Crippen LogP contribution in [0.15, 0.2) is 91.0 Å². The predicted octanol–water partition coefficient (Wildman–Crippen LogP) is 4.96. The Kier molecular flexibility index (Phi) is 5.88. The molecule has 0 aliphatic carbocycles. The van der Waals surface area contributed by atoms with Crippen molar-refractivity contribution in [2.24, 2.45) is 11.7 Å². The van der Waals surface area contributed by atoms with Crippen LogP contribution in [-0.4, -0.2) is 11.8 Å². The maximum atomic E-state index is 14.0. The highest BCUT2D eigenvalue weighted by Gasteiger charge is 2.46. The second-order valence-corrected chi connectivity index (χ2v) is 7.12. The first-order valence-electron chi connectivity index (χ1n) is 9.58. The number of benzene rings is 3. The minimum absolute atomic E-state index is 0.0421. The number of carbonyl (C=O) groups is 1. The van der Waals surface area contributed by atoms with Crippen molar-refractivity contribution in [3.8, 4) is 0 Å². The van der Waals surface area contributed by atoms with Gasteiger partial charge in [0.2, 0.25) is 0 Å². The highest BCUT2D eigenvalue weighted by atomic mass is 16.1. The van der Waals surface area contributed by atoms with Crippen LogP contribution in [0.25, 0.3) is 0 Å². The number of rotatable bonds is 7. The Morgan fingerprint density at radius 1 is 0.778 bits per heavy atom. The molecule has 0 amide bonds. The molecule has 0 bridgehead atoms. The standard InChI is InChI=1S/C25H27NO/c1-3-19(2)23(26)24(27)25(20-13-7-4-8-14-20,21-15-9-5-10-16-21)22-17-11-6-12-18-22/h4-19,23H,3,26H2,1-2H3/t19-,23-/m0/s1. The van der Waals surface area contributed by atoms with E-state index in [1.807, 2.05) is 97.9 Å². The zero-order chi connectivity index (χ0) is 19.3. The van der Waals surface area contributed by atoms with Gasteiger partial charge in [-0.3, -0.25) is 4.79 Å². The third-order valence-corrected chi connectivity index (χ3v) is 5.55. The summed E-state index contributed by atoms with van der Waals surface area (Å²) in [7, 11) is 0. The molecule has 0 aliphatic heterocycles. The molecule has 0 spiro atoms. The van der Waals surface area contributed by atoms with Crippen molar-refractivity contribution in [3.05, 3.63) is 108 Å². The summed E-state index contributed by atoms with van der Waals surface area (Å²) >= 11 is 0. The average molecular weight is 357 g/mol. The van der Waals surface area contributed by atoms with E-state index in [9.17, 15) is 4.79 Å². The summed E-state index contributed by atoms with van der Waals surface area (Å²) in [6.07, 6.45) is 0.862. The van der Waals surface area contributed by atoms with Crippen LogP contribution in [0.5, 0.6) is 0 Å². The van der Waals surface area contributed by atoms with E-state index < -0.39 is 11.5 Å². The number of hydrogen-bond donors (Lipinski definition) is 1. The van der Waals surface area contributed by atoms with Crippen LogP contribution in [0, 0.1) is 5.92 Å². The highest BCUT2D eigenvalue weighted by molar-refractivity contribution is 6.01. The van der Waals surface area contributed by atoms with Crippen molar-refractivity contribution in [3.63, 3.8) is 0 Å². The molecule has 3 aromatic carbocycles. The number of Topliss-reactive ketones (excluding diaryl/α,β-unsaturated/α-hetero) is 1. The molecule has 0 heterocycles. The third kappa shape index (κ3) is 3.45. The lowest BCUT2D eigenvalue weighted by Crippen LogP contribution is -2.50. The van der Waals surface area contributed by atoms with Gasteiger partial charge < -0.3 is 5.73 Å². The summed E-state index contributed by atoms with van der Waals surface area (Å²) in [6, 6.07) is 29.5. The highest BCUT2D eigenvalue weighted by Crippen LogP contribution is 2.41. The molecule has 3 rings (SSSR count). The zero-order valence-corrected chi connectivity index (χ0v) is 16.0. The van der Waals surface area contributed by atoms with Gasteiger partial charge in [0.05, 0.1) is 6.04 Å². The first-order chi connectivity index (χ1) is 13.1. The minimum atomic E-state index is -0.924. The average Bonchev–Trinajstić information content (AvgIpc) is 2.75. The fraction of sp³-hybridized carbons (Fsp3) is 0.240. The molecule has 0 aliphatic rings. The van der Waals surface area contributed by atoms with Crippen LogP contribution in [-0.2, 0) is 10.2 Å². The number of ketones is 1. The smallest absolute Gasteiger partial charge is 0.169 e. The van der Waals surface area contributed by atoms with Crippen molar-refractivity contribution in [2.75, 3.05) is 0 Å². The Labute approximate surface area is 162 Å². The Morgan fingerprint density at radius 2 is 1.11 bits per heavy atom. The monoisotopic (exact) mass is 357 g/mol. The molecule has 2 nitrogen and oxygen atoms in total. The molecule has 2 heteroatoms. The van der Waals surface area contributed by atoms with Gasteiger partial charge in [-0.1, -0.05) is 111 Å². The summed E-state index contributed by atoms with van der Waals surface area (Å²) in [4.78, 5) is 14.0. The summed E-state index contributed by atoms with van der Waals surface area (Å²) in [5, 5.41) is 0. The van der Waals surface area contributed by atoms with E-state index in [-0.39, 0.29) is 11.7 Å². The van der Waals surface area contributed by atoms with Crippen molar-refractivity contribution in [2.45, 2.75) is 31.7 Å². The van der Waals surface area contributed by atoms with E-state index in [4.69, 9.17) is 5.73 Å². The molecule has 0 saturated carbocycles. The van der Waals surface area contributed by atoms with Crippen LogP contribution in [0.3, 0.4) is 0 Å². The second-order valence-electron chi connectivity index (χ2n) is 7.12. The molecule has 3 aromatic rings. The molecule has 2 atom stereocenters. The van der Waals surface area contributed by atoms with Crippen LogP contribution < -0.4 is 5.73 Å². The van der Waals surface area contributed by atoms with Crippen molar-refractivity contribution in [1.29, 1.82) is 0 Å². The number of hydrogen-bond acceptors (Lipinski definition) is 2. The molecular formula is C25H27NO. The van der Waals surface area contributed by atoms with Crippen molar-refractivity contribution >= 4 is 5.78 Å². The summed E-state index contributed by atoms with van der Waals surface area (Å²) in [5.41, 5.74) is 8.45. The Balaban J connectivity index is 2.35. The third-order valence-electron chi connectivity index (χ3n) is 5.55. The Hall–Kier alpha value is -2.71. The molecule has 0 radical (unpaired) electrons. The van der Waals surface area contributed by atoms with E-state index in [1.54, 1.807) is 0 Å². The number of carbonyl (C=O) groups excluding carboxylic acids is 1. The van der Waals surface area contributed by atoms with Gasteiger partial charge in [0, 0.05) is 0 Å². The van der Waals surface area contributed by atoms with Crippen LogP contribution in [0.4, 0.5) is 0 Å². The zero-order valence-electron chi connectivity index (χ0n) is 16.0. The van der Waals surface area contributed by atoms with Gasteiger partial charge in [-0.05, 0) is 22.6 Å². The van der Waals surface area contributed by atoms with Gasteiger partial charge in [0.15, 0.2) is 5.78 Å². The van der Waals surface area contributed by atoms with Crippen molar-refractivity contribution in [1.82, 2.24) is 0 Å². The molecule has 0 aromatic heterocycles. The summed E-state index contributed by atoms with van der Waals surface area (Å²) in [6.45, 7) is 4.13. The maximum absolute atomic E-state index is 14.0. The van der Waals surface area contributed by atoms with Gasteiger partial charge in [0.1, 0.15) is 5.41 Å². The molecule has 138 valence electrons. The van der Waals surface area contributed by atoms with Crippen molar-refractivity contribution < 1.29 is 4.79 Å².